The molecule has 0 aromatic heterocycles. The molecule has 3 N–H and O–H groups in total. The third-order valence-electron chi connectivity index (χ3n) is 1.99. The highest BCUT2D eigenvalue weighted by molar-refractivity contribution is 8.76. The van der Waals surface area contributed by atoms with Crippen molar-refractivity contribution in [1.29, 1.82) is 0 Å². The molecule has 18 heavy (non-hydrogen) atoms. The van der Waals surface area contributed by atoms with Crippen molar-refractivity contribution in [3.63, 3.8) is 0 Å². The number of nitrogens with one attached hydrogen (secondary N) is 1. The van der Waals surface area contributed by atoms with E-state index in [1.807, 2.05) is 30.3 Å². The van der Waals surface area contributed by atoms with Crippen LogP contribution in [0.2, 0.25) is 0 Å². The number of hydrogen-bond acceptors (Lipinski definition) is 5. The van der Waals surface area contributed by atoms with Crippen LogP contribution in [0.25, 0.3) is 0 Å². The van der Waals surface area contributed by atoms with Crippen LogP contribution < -0.4 is 11.1 Å². The molecule has 0 saturated carbocycles. The molecule has 1 amide bonds. The maximum Gasteiger partial charge on any atom is 0.238 e. The minimum atomic E-state index is -0.592. The first kappa shape index (κ1) is 15.1. The second-order valence-corrected chi connectivity index (χ2v) is 6.12. The van der Waals surface area contributed by atoms with E-state index in [0.29, 0.717) is 5.75 Å². The van der Waals surface area contributed by atoms with Gasteiger partial charge in [-0.1, -0.05) is 39.8 Å². The highest BCUT2D eigenvalue weighted by Gasteiger charge is 2.13. The van der Waals surface area contributed by atoms with Crippen LogP contribution in [0.1, 0.15) is 6.92 Å². The van der Waals surface area contributed by atoms with Crippen molar-refractivity contribution in [3.05, 3.63) is 30.3 Å². The zero-order valence-electron chi connectivity index (χ0n) is 10.1. The van der Waals surface area contributed by atoms with E-state index in [1.165, 1.54) is 17.7 Å². The number of carbonyl (C=O) groups excluding carboxylic acids is 2. The molecule has 1 aromatic carbocycles. The van der Waals surface area contributed by atoms with Gasteiger partial charge < -0.3 is 11.1 Å². The third kappa shape index (κ3) is 6.09. The predicted molar refractivity (Wildman–Crippen MR) is 76.4 cm³/mol. The van der Waals surface area contributed by atoms with Gasteiger partial charge in [-0.15, -0.1) is 0 Å². The molecule has 0 radical (unpaired) electrons. The lowest BCUT2D eigenvalue weighted by atomic mass is 10.3. The number of rotatable bonds is 7. The first-order valence-corrected chi connectivity index (χ1v) is 7.78. The van der Waals surface area contributed by atoms with Gasteiger partial charge in [0, 0.05) is 10.6 Å². The summed E-state index contributed by atoms with van der Waals surface area (Å²) in [6.07, 6.45) is 0. The lowest BCUT2D eigenvalue weighted by molar-refractivity contribution is -0.124. The molecule has 0 heterocycles. The quantitative estimate of drug-likeness (QED) is 0.742. The van der Waals surface area contributed by atoms with Crippen LogP contribution in [0.4, 0.5) is 0 Å². The molecular weight excluding hydrogens is 268 g/mol. The fourth-order valence-electron chi connectivity index (χ4n) is 1.07. The van der Waals surface area contributed by atoms with E-state index >= 15 is 0 Å². The maximum absolute atomic E-state index is 11.5. The van der Waals surface area contributed by atoms with Crippen molar-refractivity contribution < 1.29 is 9.59 Å². The van der Waals surface area contributed by atoms with Gasteiger partial charge in [-0.3, -0.25) is 9.59 Å². The third-order valence-corrected chi connectivity index (χ3v) is 4.41. The molecule has 0 aliphatic heterocycles. The highest BCUT2D eigenvalue weighted by Crippen LogP contribution is 2.30. The lowest BCUT2D eigenvalue weighted by Crippen LogP contribution is -2.43. The maximum atomic E-state index is 11.5. The second kappa shape index (κ2) is 8.18. The van der Waals surface area contributed by atoms with Gasteiger partial charge >= 0.3 is 0 Å². The van der Waals surface area contributed by atoms with Crippen LogP contribution in [0.3, 0.4) is 0 Å². The van der Waals surface area contributed by atoms with E-state index in [4.69, 9.17) is 5.73 Å². The second-order valence-electron chi connectivity index (χ2n) is 3.71. The van der Waals surface area contributed by atoms with E-state index in [2.05, 4.69) is 5.32 Å². The molecule has 0 saturated heterocycles. The van der Waals surface area contributed by atoms with Crippen LogP contribution in [-0.4, -0.2) is 30.0 Å². The van der Waals surface area contributed by atoms with Crippen molar-refractivity contribution in [1.82, 2.24) is 5.32 Å². The summed E-state index contributed by atoms with van der Waals surface area (Å²) in [5.41, 5.74) is 5.71. The molecule has 0 fully saturated rings. The Hall–Kier alpha value is -0.980. The lowest BCUT2D eigenvalue weighted by Gasteiger charge is -2.10. The Morgan fingerprint density at radius 1 is 1.33 bits per heavy atom. The summed E-state index contributed by atoms with van der Waals surface area (Å²) < 4.78 is 0. The Bertz CT molecular complexity index is 398. The largest absolute Gasteiger partial charge is 0.348 e. The van der Waals surface area contributed by atoms with Gasteiger partial charge in [0.05, 0.1) is 12.6 Å². The predicted octanol–water partition coefficient (Wildman–Crippen LogP) is 1.46. The summed E-state index contributed by atoms with van der Waals surface area (Å²) in [7, 11) is 3.10. The first-order chi connectivity index (χ1) is 8.59. The normalized spacial score (nSPS) is 11.9. The van der Waals surface area contributed by atoms with E-state index in [-0.39, 0.29) is 18.2 Å². The molecule has 0 spiro atoms. The van der Waals surface area contributed by atoms with Gasteiger partial charge in [0.1, 0.15) is 5.78 Å². The van der Waals surface area contributed by atoms with E-state index < -0.39 is 6.04 Å². The Morgan fingerprint density at radius 2 is 2.00 bits per heavy atom. The van der Waals surface area contributed by atoms with E-state index in [0.717, 1.165) is 4.90 Å². The van der Waals surface area contributed by atoms with Gasteiger partial charge in [-0.05, 0) is 19.1 Å². The van der Waals surface area contributed by atoms with Crippen LogP contribution in [0.15, 0.2) is 35.2 Å². The van der Waals surface area contributed by atoms with Crippen molar-refractivity contribution in [2.75, 3.05) is 12.3 Å². The number of hydrogen-bond donors (Lipinski definition) is 2. The number of benzene rings is 1. The number of amides is 1. The number of nitrogens with two attached hydrogens (primary N) is 1. The standard InChI is InChI=1S/C12H16N2O2S2/c1-9(15)7-14-12(16)11(13)8-17-18-10-5-3-2-4-6-10/h2-6,11H,7-8,13H2,1H3,(H,14,16)/t11-/m0/s1. The fraction of sp³-hybridized carbons (Fsp3) is 0.333. The van der Waals surface area contributed by atoms with E-state index in [1.54, 1.807) is 10.8 Å². The van der Waals surface area contributed by atoms with Gasteiger partial charge in [-0.25, -0.2) is 0 Å². The zero-order valence-corrected chi connectivity index (χ0v) is 11.7. The summed E-state index contributed by atoms with van der Waals surface area (Å²) in [5.74, 6) is 0.136. The summed E-state index contributed by atoms with van der Waals surface area (Å²) in [4.78, 5) is 23.3. The minimum Gasteiger partial charge on any atom is -0.348 e. The number of Topliss-reactive ketones (excluding diaryl/α,β-unsaturated/α-hetero) is 1. The van der Waals surface area contributed by atoms with Crippen molar-refractivity contribution in [2.24, 2.45) is 5.73 Å². The minimum absolute atomic E-state index is 0.0447. The van der Waals surface area contributed by atoms with Crippen molar-refractivity contribution in [3.8, 4) is 0 Å². The van der Waals surface area contributed by atoms with Crippen LogP contribution in [0.5, 0.6) is 0 Å². The summed E-state index contributed by atoms with van der Waals surface area (Å²) >= 11 is 0. The molecule has 0 aliphatic rings. The monoisotopic (exact) mass is 284 g/mol. The zero-order chi connectivity index (χ0) is 13.4. The van der Waals surface area contributed by atoms with E-state index in [9.17, 15) is 9.59 Å². The molecule has 0 unspecified atom stereocenters. The summed E-state index contributed by atoms with van der Waals surface area (Å²) in [6, 6.07) is 9.28. The molecular formula is C12H16N2O2S2. The molecule has 6 heteroatoms. The van der Waals surface area contributed by atoms with Gasteiger partial charge in [-0.2, -0.15) is 0 Å². The van der Waals surface area contributed by atoms with Crippen LogP contribution in [-0.2, 0) is 9.59 Å². The molecule has 1 rings (SSSR count). The number of ketones is 1. The van der Waals surface area contributed by atoms with Crippen LogP contribution >= 0.6 is 21.6 Å². The molecule has 98 valence electrons. The SMILES string of the molecule is CC(=O)CNC(=O)[C@@H](N)CSSc1ccccc1. The molecule has 0 bridgehead atoms. The Balaban J connectivity index is 2.22. The van der Waals surface area contributed by atoms with Gasteiger partial charge in [0.15, 0.2) is 0 Å². The Morgan fingerprint density at radius 3 is 2.61 bits per heavy atom. The van der Waals surface area contributed by atoms with Crippen molar-refractivity contribution >= 4 is 33.3 Å². The molecule has 0 aliphatic carbocycles. The average Bonchev–Trinajstić information content (AvgIpc) is 2.37. The Kier molecular flexibility index (Phi) is 6.85. The highest BCUT2D eigenvalue weighted by atomic mass is 33.1. The summed E-state index contributed by atoms with van der Waals surface area (Å²) in [6.45, 7) is 1.47. The average molecular weight is 284 g/mol. The first-order valence-electron chi connectivity index (χ1n) is 5.47. The molecule has 1 atom stereocenters. The van der Waals surface area contributed by atoms with Gasteiger partial charge in [0.25, 0.3) is 0 Å². The topological polar surface area (TPSA) is 72.2 Å². The fourth-order valence-corrected chi connectivity index (χ4v) is 3.23. The Labute approximate surface area is 114 Å². The number of carbonyl (C=O) groups is 2. The molecule has 1 aromatic rings. The van der Waals surface area contributed by atoms with Crippen molar-refractivity contribution in [2.45, 2.75) is 17.9 Å². The van der Waals surface area contributed by atoms with Crippen LogP contribution in [0, 0.1) is 0 Å². The smallest absolute Gasteiger partial charge is 0.238 e. The molecule has 4 nitrogen and oxygen atoms in total. The van der Waals surface area contributed by atoms with Gasteiger partial charge in [0.2, 0.25) is 5.91 Å². The summed E-state index contributed by atoms with van der Waals surface area (Å²) in [5, 5.41) is 2.49.